The molecule has 1 fully saturated rings. The molecule has 0 saturated carbocycles. The summed E-state index contributed by atoms with van der Waals surface area (Å²) in [6, 6.07) is 1.93. The molecule has 1 saturated heterocycles. The van der Waals surface area contributed by atoms with E-state index in [2.05, 4.69) is 0 Å². The van der Waals surface area contributed by atoms with Crippen molar-refractivity contribution in [2.45, 2.75) is 5.37 Å². The van der Waals surface area contributed by atoms with Crippen molar-refractivity contribution in [3.8, 4) is 0 Å². The fraction of sp³-hybridized carbons (Fsp3) is 0.0909. The van der Waals surface area contributed by atoms with Gasteiger partial charge in [-0.15, -0.1) is 11.8 Å². The Balaban J connectivity index is 1.87. The fourth-order valence-corrected chi connectivity index (χ4v) is 3.54. The van der Waals surface area contributed by atoms with E-state index in [0.717, 1.165) is 5.56 Å². The summed E-state index contributed by atoms with van der Waals surface area (Å²) in [4.78, 5) is 24.0. The van der Waals surface area contributed by atoms with E-state index < -0.39 is 5.97 Å². The van der Waals surface area contributed by atoms with Gasteiger partial charge in [0.2, 0.25) is 0 Å². The maximum absolute atomic E-state index is 11.8. The Labute approximate surface area is 105 Å². The quantitative estimate of drug-likeness (QED) is 0.656. The Kier molecular flexibility index (Phi) is 2.34. The molecule has 1 N–H and O–H groups in total. The third kappa shape index (κ3) is 1.52. The first kappa shape index (κ1) is 10.6. The number of carboxylic acid groups (broad SMARTS) is 1. The van der Waals surface area contributed by atoms with Gasteiger partial charge in [0.05, 0.1) is 5.57 Å². The zero-order valence-corrected chi connectivity index (χ0v) is 10.1. The lowest BCUT2D eigenvalue weighted by Crippen LogP contribution is -2.51. The minimum absolute atomic E-state index is 0.0764. The molecule has 0 aliphatic carbocycles. The van der Waals surface area contributed by atoms with Crippen LogP contribution in [0, 0.1) is 0 Å². The third-order valence-corrected chi connectivity index (χ3v) is 4.40. The van der Waals surface area contributed by atoms with Crippen LogP contribution in [0.1, 0.15) is 5.56 Å². The Hall–Kier alpha value is -1.53. The second-order valence-electron chi connectivity index (χ2n) is 3.63. The molecule has 1 atom stereocenters. The molecule has 86 valence electrons. The molecule has 0 radical (unpaired) electrons. The summed E-state index contributed by atoms with van der Waals surface area (Å²) in [6.45, 7) is 0. The number of carbonyl (C=O) groups excluding carboxylic acids is 1. The highest BCUT2D eigenvalue weighted by Gasteiger charge is 2.49. The van der Waals surface area contributed by atoms with Gasteiger partial charge >= 0.3 is 5.97 Å². The first-order valence-electron chi connectivity index (χ1n) is 4.85. The van der Waals surface area contributed by atoms with Crippen molar-refractivity contribution in [3.63, 3.8) is 0 Å². The number of thioether (sulfide) groups is 1. The predicted octanol–water partition coefficient (Wildman–Crippen LogP) is 1.97. The number of nitrogens with zero attached hydrogens (tertiary/aromatic N) is 1. The predicted molar refractivity (Wildman–Crippen MR) is 66.2 cm³/mol. The van der Waals surface area contributed by atoms with Crippen molar-refractivity contribution in [2.24, 2.45) is 0 Å². The van der Waals surface area contributed by atoms with Gasteiger partial charge in [0.1, 0.15) is 11.1 Å². The second kappa shape index (κ2) is 3.75. The van der Waals surface area contributed by atoms with Gasteiger partial charge in [-0.2, -0.15) is 11.3 Å². The molecular weight excluding hydrogens is 258 g/mol. The van der Waals surface area contributed by atoms with Crippen LogP contribution in [-0.2, 0) is 9.59 Å². The Morgan fingerprint density at radius 1 is 1.53 bits per heavy atom. The second-order valence-corrected chi connectivity index (χ2v) is 5.36. The number of thiophene rings is 1. The maximum Gasteiger partial charge on any atom is 0.353 e. The highest BCUT2D eigenvalue weighted by Crippen LogP contribution is 2.45. The Morgan fingerprint density at radius 3 is 3.00 bits per heavy atom. The van der Waals surface area contributed by atoms with Gasteiger partial charge in [-0.3, -0.25) is 9.69 Å². The molecule has 1 amide bonds. The normalized spacial score (nSPS) is 24.6. The van der Waals surface area contributed by atoms with Crippen molar-refractivity contribution in [1.29, 1.82) is 0 Å². The summed E-state index contributed by atoms with van der Waals surface area (Å²) in [7, 11) is 0. The summed E-state index contributed by atoms with van der Waals surface area (Å²) < 4.78 is 0. The number of carbonyl (C=O) groups is 2. The highest BCUT2D eigenvalue weighted by atomic mass is 32.2. The first-order chi connectivity index (χ1) is 8.18. The number of carboxylic acids is 1. The molecule has 2 aliphatic heterocycles. The van der Waals surface area contributed by atoms with Gasteiger partial charge in [0.15, 0.2) is 0 Å². The smallest absolute Gasteiger partial charge is 0.353 e. The summed E-state index contributed by atoms with van der Waals surface area (Å²) in [5, 5.41) is 14.2. The molecule has 0 spiro atoms. The van der Waals surface area contributed by atoms with Crippen LogP contribution in [0.15, 0.2) is 33.5 Å². The zero-order valence-electron chi connectivity index (χ0n) is 8.49. The SMILES string of the molecule is O=C(O)C1=CS[C@@H]2/C(=C\c3ccsc3)C(=O)N12. The van der Waals surface area contributed by atoms with E-state index in [1.54, 1.807) is 11.3 Å². The topological polar surface area (TPSA) is 57.6 Å². The number of hydrogen-bond acceptors (Lipinski definition) is 4. The van der Waals surface area contributed by atoms with Crippen LogP contribution >= 0.6 is 23.1 Å². The summed E-state index contributed by atoms with van der Waals surface area (Å²) in [6.07, 6.45) is 1.83. The monoisotopic (exact) mass is 265 g/mol. The molecule has 0 unspecified atom stereocenters. The molecule has 3 heterocycles. The van der Waals surface area contributed by atoms with Gasteiger partial charge in [-0.05, 0) is 28.5 Å². The van der Waals surface area contributed by atoms with E-state index in [4.69, 9.17) is 5.11 Å². The number of β-lactam (4-membered cyclic amide) rings is 1. The van der Waals surface area contributed by atoms with Crippen molar-refractivity contribution in [1.82, 2.24) is 4.90 Å². The van der Waals surface area contributed by atoms with Crippen LogP contribution in [0.3, 0.4) is 0 Å². The van der Waals surface area contributed by atoms with E-state index >= 15 is 0 Å². The summed E-state index contributed by atoms with van der Waals surface area (Å²) >= 11 is 2.92. The Bertz CT molecular complexity index is 559. The largest absolute Gasteiger partial charge is 0.477 e. The summed E-state index contributed by atoms with van der Waals surface area (Å²) in [5.41, 5.74) is 1.73. The molecule has 3 rings (SSSR count). The van der Waals surface area contributed by atoms with E-state index in [0.29, 0.717) is 5.57 Å². The number of hydrogen-bond donors (Lipinski definition) is 1. The van der Waals surface area contributed by atoms with Crippen LogP contribution in [-0.4, -0.2) is 27.3 Å². The van der Waals surface area contributed by atoms with E-state index in [9.17, 15) is 9.59 Å². The fourth-order valence-electron chi connectivity index (χ4n) is 1.80. The van der Waals surface area contributed by atoms with E-state index in [1.165, 1.54) is 22.1 Å². The lowest BCUT2D eigenvalue weighted by molar-refractivity contribution is -0.141. The number of fused-ring (bicyclic) bond motifs is 1. The van der Waals surface area contributed by atoms with Crippen molar-refractivity contribution in [2.75, 3.05) is 0 Å². The number of rotatable bonds is 2. The summed E-state index contributed by atoms with van der Waals surface area (Å²) in [5.74, 6) is -1.26. The van der Waals surface area contributed by atoms with Gasteiger partial charge in [-0.25, -0.2) is 4.79 Å². The molecule has 0 aromatic carbocycles. The van der Waals surface area contributed by atoms with Gasteiger partial charge in [0, 0.05) is 5.41 Å². The Morgan fingerprint density at radius 2 is 2.35 bits per heavy atom. The van der Waals surface area contributed by atoms with Gasteiger partial charge in [-0.1, -0.05) is 0 Å². The van der Waals surface area contributed by atoms with Crippen LogP contribution in [0.4, 0.5) is 0 Å². The van der Waals surface area contributed by atoms with E-state index in [-0.39, 0.29) is 17.0 Å². The van der Waals surface area contributed by atoms with Crippen LogP contribution in [0.5, 0.6) is 0 Å². The van der Waals surface area contributed by atoms with Crippen LogP contribution < -0.4 is 0 Å². The third-order valence-electron chi connectivity index (χ3n) is 2.62. The molecule has 1 aromatic heterocycles. The lowest BCUT2D eigenvalue weighted by Gasteiger charge is -2.37. The van der Waals surface area contributed by atoms with E-state index in [1.807, 2.05) is 22.9 Å². The number of aliphatic carboxylic acids is 1. The van der Waals surface area contributed by atoms with Crippen molar-refractivity contribution >= 4 is 41.1 Å². The van der Waals surface area contributed by atoms with Crippen LogP contribution in [0.2, 0.25) is 0 Å². The average molecular weight is 265 g/mol. The minimum Gasteiger partial charge on any atom is -0.477 e. The molecule has 0 bridgehead atoms. The molecule has 17 heavy (non-hydrogen) atoms. The van der Waals surface area contributed by atoms with Gasteiger partial charge in [0.25, 0.3) is 5.91 Å². The first-order valence-corrected chi connectivity index (χ1v) is 6.73. The lowest BCUT2D eigenvalue weighted by atomic mass is 10.0. The molecular formula is C11H7NO3S2. The molecule has 2 aliphatic rings. The maximum atomic E-state index is 11.8. The average Bonchev–Trinajstić information content (AvgIpc) is 2.93. The van der Waals surface area contributed by atoms with Crippen molar-refractivity contribution in [3.05, 3.63) is 39.1 Å². The van der Waals surface area contributed by atoms with Crippen molar-refractivity contribution < 1.29 is 14.7 Å². The molecule has 4 nitrogen and oxygen atoms in total. The highest BCUT2D eigenvalue weighted by molar-refractivity contribution is 8.03. The zero-order chi connectivity index (χ0) is 12.0. The van der Waals surface area contributed by atoms with Gasteiger partial charge < -0.3 is 5.11 Å². The minimum atomic E-state index is -1.05. The number of amides is 1. The van der Waals surface area contributed by atoms with Crippen LogP contribution in [0.25, 0.3) is 6.08 Å². The molecule has 1 aromatic rings. The standard InChI is InChI=1S/C11H7NO3S2/c13-9-7(3-6-1-2-16-4-6)10-12(9)8(5-17-10)11(14)15/h1-5,10H,(H,14,15)/b7-3-/t10-/m1/s1. The molecule has 6 heteroatoms.